The summed E-state index contributed by atoms with van der Waals surface area (Å²) >= 11 is 0.956. The van der Waals surface area contributed by atoms with Crippen LogP contribution >= 0.6 is 11.3 Å². The fraction of sp³-hybridized carbons (Fsp3) is 0.312. The predicted octanol–water partition coefficient (Wildman–Crippen LogP) is 2.91. The molecule has 0 aliphatic heterocycles. The number of guanidine groups is 1. The molecule has 3 aromatic rings. The minimum atomic E-state index is -4.42. The third-order valence-corrected chi connectivity index (χ3v) is 4.62. The van der Waals surface area contributed by atoms with Crippen molar-refractivity contribution >= 4 is 28.3 Å². The zero-order valence-corrected chi connectivity index (χ0v) is 14.9. The second-order valence-corrected chi connectivity index (χ2v) is 6.42. The Morgan fingerprint density at radius 3 is 2.58 bits per heavy atom. The maximum atomic E-state index is 12.6. The monoisotopic (exact) mass is 382 g/mol. The minimum Gasteiger partial charge on any atom is -0.350 e. The molecule has 2 heterocycles. The predicted molar refractivity (Wildman–Crippen MR) is 94.9 cm³/mol. The molecule has 2 aromatic heterocycles. The topological polar surface area (TPSA) is 67.1 Å². The average molecular weight is 382 g/mol. The Bertz CT molecular complexity index is 928. The minimum absolute atomic E-state index is 0.156. The maximum Gasteiger partial charge on any atom is 0.434 e. The van der Waals surface area contributed by atoms with E-state index in [4.69, 9.17) is 0 Å². The molecule has 0 spiro atoms. The first-order valence-corrected chi connectivity index (χ1v) is 8.63. The van der Waals surface area contributed by atoms with Crippen LogP contribution in [0.1, 0.15) is 16.5 Å². The Morgan fingerprint density at radius 2 is 1.92 bits per heavy atom. The quantitative estimate of drug-likeness (QED) is 0.538. The molecule has 0 saturated heterocycles. The Morgan fingerprint density at radius 1 is 1.19 bits per heavy atom. The van der Waals surface area contributed by atoms with E-state index >= 15 is 0 Å². The number of fused-ring (bicyclic) bond motifs is 1. The molecule has 0 bridgehead atoms. The number of imidazole rings is 1. The van der Waals surface area contributed by atoms with Gasteiger partial charge in [0, 0.05) is 19.5 Å². The highest BCUT2D eigenvalue weighted by atomic mass is 32.1. The van der Waals surface area contributed by atoms with Crippen molar-refractivity contribution in [2.24, 2.45) is 12.0 Å². The third kappa shape index (κ3) is 3.96. The summed E-state index contributed by atoms with van der Waals surface area (Å²) in [6, 6.07) is 7.80. The van der Waals surface area contributed by atoms with E-state index in [-0.39, 0.29) is 6.54 Å². The summed E-state index contributed by atoms with van der Waals surface area (Å²) in [6.45, 7) is 0.583. The van der Waals surface area contributed by atoms with E-state index < -0.39 is 11.9 Å². The van der Waals surface area contributed by atoms with Crippen LogP contribution < -0.4 is 10.6 Å². The van der Waals surface area contributed by atoms with Gasteiger partial charge in [0.15, 0.2) is 11.7 Å². The number of nitrogens with zero attached hydrogens (tertiary/aromatic N) is 4. The number of thiazole rings is 1. The van der Waals surface area contributed by atoms with E-state index in [2.05, 4.69) is 25.6 Å². The molecule has 2 N–H and O–H groups in total. The molecule has 0 fully saturated rings. The summed E-state index contributed by atoms with van der Waals surface area (Å²) in [4.78, 5) is 12.2. The van der Waals surface area contributed by atoms with Crippen LogP contribution in [-0.4, -0.2) is 27.5 Å². The van der Waals surface area contributed by atoms with Crippen molar-refractivity contribution in [1.29, 1.82) is 0 Å². The molecular formula is C16H17F3N6S. The van der Waals surface area contributed by atoms with E-state index in [0.29, 0.717) is 17.5 Å². The molecule has 138 valence electrons. The lowest BCUT2D eigenvalue weighted by atomic mass is 10.3. The van der Waals surface area contributed by atoms with Crippen molar-refractivity contribution in [3.8, 4) is 0 Å². The molecule has 0 aliphatic carbocycles. The van der Waals surface area contributed by atoms with Crippen molar-refractivity contribution in [2.45, 2.75) is 19.3 Å². The van der Waals surface area contributed by atoms with Crippen molar-refractivity contribution in [1.82, 2.24) is 25.2 Å². The molecule has 0 radical (unpaired) electrons. The van der Waals surface area contributed by atoms with E-state index in [1.165, 1.54) is 0 Å². The van der Waals surface area contributed by atoms with Gasteiger partial charge in [-0.05, 0) is 12.1 Å². The summed E-state index contributed by atoms with van der Waals surface area (Å²) in [6.07, 6.45) is -4.42. The molecule has 3 rings (SSSR count). The highest BCUT2D eigenvalue weighted by Gasteiger charge is 2.33. The average Bonchev–Trinajstić information content (AvgIpc) is 3.21. The molecule has 0 amide bonds. The molecule has 1 aromatic carbocycles. The first-order valence-electron chi connectivity index (χ1n) is 7.75. The summed E-state index contributed by atoms with van der Waals surface area (Å²) < 4.78 is 39.7. The van der Waals surface area contributed by atoms with Crippen molar-refractivity contribution in [3.05, 3.63) is 46.2 Å². The molecule has 0 atom stereocenters. The van der Waals surface area contributed by atoms with Gasteiger partial charge in [-0.1, -0.05) is 12.1 Å². The largest absolute Gasteiger partial charge is 0.434 e. The molecular weight excluding hydrogens is 365 g/mol. The third-order valence-electron chi connectivity index (χ3n) is 3.77. The lowest BCUT2D eigenvalue weighted by molar-refractivity contribution is -0.140. The fourth-order valence-electron chi connectivity index (χ4n) is 2.42. The smallest absolute Gasteiger partial charge is 0.350 e. The van der Waals surface area contributed by atoms with Crippen LogP contribution in [0.3, 0.4) is 0 Å². The number of aromatic nitrogens is 3. The number of alkyl halides is 3. The Kier molecular flexibility index (Phi) is 5.12. The molecule has 26 heavy (non-hydrogen) atoms. The lowest BCUT2D eigenvalue weighted by Gasteiger charge is -2.11. The lowest BCUT2D eigenvalue weighted by Crippen LogP contribution is -2.36. The van der Waals surface area contributed by atoms with Gasteiger partial charge in [0.1, 0.15) is 10.8 Å². The SMILES string of the molecule is CN=C(NCc1nc(C(F)(F)F)cs1)NCc1nc2ccccc2n1C. The fourth-order valence-corrected chi connectivity index (χ4v) is 3.16. The van der Waals surface area contributed by atoms with Gasteiger partial charge in [-0.2, -0.15) is 13.2 Å². The summed E-state index contributed by atoms with van der Waals surface area (Å²) in [5, 5.41) is 7.40. The molecule has 0 unspecified atom stereocenters. The number of benzene rings is 1. The van der Waals surface area contributed by atoms with E-state index in [1.807, 2.05) is 35.9 Å². The molecule has 10 heteroatoms. The zero-order chi connectivity index (χ0) is 18.7. The van der Waals surface area contributed by atoms with Crippen LogP contribution in [-0.2, 0) is 26.3 Å². The van der Waals surface area contributed by atoms with Crippen molar-refractivity contribution in [3.63, 3.8) is 0 Å². The van der Waals surface area contributed by atoms with Gasteiger partial charge in [0.05, 0.1) is 24.1 Å². The van der Waals surface area contributed by atoms with Gasteiger partial charge in [-0.25, -0.2) is 9.97 Å². The van der Waals surface area contributed by atoms with Crippen molar-refractivity contribution in [2.75, 3.05) is 7.05 Å². The van der Waals surface area contributed by atoms with E-state index in [9.17, 15) is 13.2 Å². The van der Waals surface area contributed by atoms with Crippen LogP contribution in [0.4, 0.5) is 13.2 Å². The van der Waals surface area contributed by atoms with Gasteiger partial charge in [0.25, 0.3) is 0 Å². The van der Waals surface area contributed by atoms with Gasteiger partial charge in [-0.15, -0.1) is 11.3 Å². The number of hydrogen-bond donors (Lipinski definition) is 2. The van der Waals surface area contributed by atoms with Crippen LogP contribution in [0.2, 0.25) is 0 Å². The number of aryl methyl sites for hydroxylation is 1. The van der Waals surface area contributed by atoms with Crippen LogP contribution in [0.5, 0.6) is 0 Å². The number of para-hydroxylation sites is 2. The van der Waals surface area contributed by atoms with E-state index in [0.717, 1.165) is 33.6 Å². The molecule has 0 aliphatic rings. The van der Waals surface area contributed by atoms with Gasteiger partial charge in [0.2, 0.25) is 0 Å². The number of hydrogen-bond acceptors (Lipinski definition) is 4. The first kappa shape index (κ1) is 18.2. The normalized spacial score (nSPS) is 12.6. The van der Waals surface area contributed by atoms with Crippen molar-refractivity contribution < 1.29 is 13.2 Å². The highest BCUT2D eigenvalue weighted by molar-refractivity contribution is 7.09. The summed E-state index contributed by atoms with van der Waals surface area (Å²) in [7, 11) is 3.52. The van der Waals surface area contributed by atoms with E-state index in [1.54, 1.807) is 7.05 Å². The summed E-state index contributed by atoms with van der Waals surface area (Å²) in [5.74, 6) is 1.28. The molecule has 6 nitrogen and oxygen atoms in total. The Labute approximate surface area is 151 Å². The highest BCUT2D eigenvalue weighted by Crippen LogP contribution is 2.29. The van der Waals surface area contributed by atoms with Crippen LogP contribution in [0.25, 0.3) is 11.0 Å². The maximum absolute atomic E-state index is 12.6. The standard InChI is InChI=1S/C16H17F3N6S/c1-20-15(22-8-14-24-12(9-26-14)16(17,18)19)21-7-13-23-10-5-3-4-6-11(10)25(13)2/h3-6,9H,7-8H2,1-2H3,(H2,20,21,22). The Balaban J connectivity index is 1.59. The van der Waals surface area contributed by atoms with Gasteiger partial charge in [-0.3, -0.25) is 4.99 Å². The number of aliphatic imine (C=N–C) groups is 1. The second kappa shape index (κ2) is 7.32. The Hall–Kier alpha value is -2.62. The van der Waals surface area contributed by atoms with Crippen LogP contribution in [0, 0.1) is 0 Å². The summed E-state index contributed by atoms with van der Waals surface area (Å²) in [5.41, 5.74) is 1.05. The number of nitrogens with one attached hydrogen (secondary N) is 2. The van der Waals surface area contributed by atoms with Gasteiger partial charge >= 0.3 is 6.18 Å². The first-order chi connectivity index (χ1) is 12.4. The van der Waals surface area contributed by atoms with Crippen LogP contribution in [0.15, 0.2) is 34.6 Å². The number of halogens is 3. The second-order valence-electron chi connectivity index (χ2n) is 5.48. The molecule has 0 saturated carbocycles. The van der Waals surface area contributed by atoms with Gasteiger partial charge < -0.3 is 15.2 Å². The zero-order valence-electron chi connectivity index (χ0n) is 14.1. The number of rotatable bonds is 4.